The molecule has 2 aliphatic heterocycles. The Kier molecular flexibility index (Phi) is 4.68. The average molecular weight is 356 g/mol. The first-order valence-corrected chi connectivity index (χ1v) is 9.17. The third-order valence-electron chi connectivity index (χ3n) is 5.48. The van der Waals surface area contributed by atoms with Gasteiger partial charge in [0.15, 0.2) is 5.76 Å². The molecule has 0 saturated carbocycles. The van der Waals surface area contributed by atoms with Gasteiger partial charge in [-0.25, -0.2) is 4.98 Å². The van der Waals surface area contributed by atoms with Gasteiger partial charge >= 0.3 is 0 Å². The number of nitrogens with zero attached hydrogens (tertiary/aromatic N) is 2. The van der Waals surface area contributed by atoms with Crippen LogP contribution in [0.4, 0.5) is 0 Å². The summed E-state index contributed by atoms with van der Waals surface area (Å²) in [6.45, 7) is 4.46. The van der Waals surface area contributed by atoms with Gasteiger partial charge in [-0.05, 0) is 38.3 Å². The van der Waals surface area contributed by atoms with Gasteiger partial charge in [-0.1, -0.05) is 6.07 Å². The predicted octanol–water partition coefficient (Wildman–Crippen LogP) is 3.07. The summed E-state index contributed by atoms with van der Waals surface area (Å²) in [4.78, 5) is 19.0. The summed E-state index contributed by atoms with van der Waals surface area (Å²) < 4.78 is 17.5. The molecule has 138 valence electrons. The lowest BCUT2D eigenvalue weighted by Gasteiger charge is -2.49. The van der Waals surface area contributed by atoms with E-state index in [1.807, 2.05) is 36.1 Å². The maximum atomic E-state index is 12.9. The lowest BCUT2D eigenvalue weighted by Crippen LogP contribution is -2.58. The molecule has 0 aliphatic carbocycles. The number of likely N-dealkylation sites (tertiary alicyclic amines) is 1. The van der Waals surface area contributed by atoms with Gasteiger partial charge in [0.25, 0.3) is 5.91 Å². The quantitative estimate of drug-likeness (QED) is 0.842. The van der Waals surface area contributed by atoms with Crippen molar-refractivity contribution < 1.29 is 18.7 Å². The van der Waals surface area contributed by atoms with Crippen LogP contribution in [0.5, 0.6) is 5.88 Å². The van der Waals surface area contributed by atoms with Gasteiger partial charge in [-0.15, -0.1) is 0 Å². The number of fused-ring (bicyclic) bond motifs is 1. The number of pyridine rings is 1. The van der Waals surface area contributed by atoms with Crippen molar-refractivity contribution in [2.75, 3.05) is 26.3 Å². The minimum absolute atomic E-state index is 0.0475. The molecule has 0 radical (unpaired) electrons. The minimum Gasteiger partial charge on any atom is -0.477 e. The molecular weight excluding hydrogens is 332 g/mol. The molecule has 2 aromatic rings. The molecule has 2 atom stereocenters. The van der Waals surface area contributed by atoms with Crippen molar-refractivity contribution in [2.24, 2.45) is 5.41 Å². The fourth-order valence-electron chi connectivity index (χ4n) is 4.06. The van der Waals surface area contributed by atoms with Crippen molar-refractivity contribution in [3.8, 4) is 5.88 Å². The lowest BCUT2D eigenvalue weighted by atomic mass is 9.73. The zero-order valence-corrected chi connectivity index (χ0v) is 15.0. The second kappa shape index (κ2) is 7.11. The molecule has 0 unspecified atom stereocenters. The van der Waals surface area contributed by atoms with Gasteiger partial charge in [-0.3, -0.25) is 4.79 Å². The summed E-state index contributed by atoms with van der Waals surface area (Å²) in [6.07, 6.45) is 6.17. The van der Waals surface area contributed by atoms with Crippen LogP contribution in [0.3, 0.4) is 0 Å². The number of hydrogen-bond donors (Lipinski definition) is 0. The summed E-state index contributed by atoms with van der Waals surface area (Å²) in [5.41, 5.74) is 0.667. The van der Waals surface area contributed by atoms with Gasteiger partial charge in [0.2, 0.25) is 5.88 Å². The molecule has 0 spiro atoms. The van der Waals surface area contributed by atoms with Gasteiger partial charge in [0, 0.05) is 42.9 Å². The molecule has 0 bridgehead atoms. The number of ether oxygens (including phenoxy) is 2. The molecule has 26 heavy (non-hydrogen) atoms. The van der Waals surface area contributed by atoms with E-state index in [9.17, 15) is 4.79 Å². The largest absolute Gasteiger partial charge is 0.477 e. The van der Waals surface area contributed by atoms with Crippen molar-refractivity contribution in [2.45, 2.75) is 32.3 Å². The third-order valence-corrected chi connectivity index (χ3v) is 5.48. The van der Waals surface area contributed by atoms with Crippen molar-refractivity contribution in [1.29, 1.82) is 0 Å². The van der Waals surface area contributed by atoms with Gasteiger partial charge in [-0.2, -0.15) is 0 Å². The third kappa shape index (κ3) is 3.21. The predicted molar refractivity (Wildman–Crippen MR) is 95.1 cm³/mol. The Morgan fingerprint density at radius 1 is 1.42 bits per heavy atom. The van der Waals surface area contributed by atoms with E-state index in [2.05, 4.69) is 4.98 Å². The number of carbonyl (C=O) groups excluding carboxylic acids is 1. The van der Waals surface area contributed by atoms with E-state index >= 15 is 0 Å². The molecule has 4 heterocycles. The molecule has 2 aromatic heterocycles. The number of aryl methyl sites for hydroxylation is 1. The second-order valence-electron chi connectivity index (χ2n) is 7.23. The molecule has 1 amide bonds. The number of hydrogen-bond acceptors (Lipinski definition) is 5. The summed E-state index contributed by atoms with van der Waals surface area (Å²) in [6, 6.07) is 7.45. The molecule has 0 aromatic carbocycles. The van der Waals surface area contributed by atoms with Crippen LogP contribution in [0.15, 0.2) is 41.1 Å². The summed E-state index contributed by atoms with van der Waals surface area (Å²) in [5.74, 6) is 0.992. The number of carbonyl (C=O) groups is 1. The van der Waals surface area contributed by atoms with Gasteiger partial charge < -0.3 is 18.8 Å². The molecule has 6 nitrogen and oxygen atoms in total. The molecule has 6 heteroatoms. The number of aromatic nitrogens is 1. The highest BCUT2D eigenvalue weighted by Gasteiger charge is 2.48. The van der Waals surface area contributed by atoms with Crippen LogP contribution < -0.4 is 4.74 Å². The minimum atomic E-state index is -0.204. The van der Waals surface area contributed by atoms with Crippen LogP contribution in [0, 0.1) is 12.3 Å². The fourth-order valence-corrected chi connectivity index (χ4v) is 4.06. The summed E-state index contributed by atoms with van der Waals surface area (Å²) in [5, 5.41) is 0. The number of furan rings is 1. The maximum Gasteiger partial charge on any atom is 0.289 e. The zero-order chi connectivity index (χ0) is 18.0. The van der Waals surface area contributed by atoms with Crippen LogP contribution in [0.25, 0.3) is 0 Å². The van der Waals surface area contributed by atoms with Crippen LogP contribution in [-0.2, 0) is 4.74 Å². The Hall–Kier alpha value is -2.34. The number of amides is 1. The SMILES string of the molecule is Cc1ccoc1C(=O)N1CC[C@@H]2OCCC[C@]2(COc2ccccn2)C1. The smallest absolute Gasteiger partial charge is 0.289 e. The highest BCUT2D eigenvalue weighted by Crippen LogP contribution is 2.41. The number of rotatable bonds is 4. The summed E-state index contributed by atoms with van der Waals surface area (Å²) >= 11 is 0. The van der Waals surface area contributed by atoms with Crippen molar-refractivity contribution >= 4 is 5.91 Å². The Balaban J connectivity index is 1.53. The van der Waals surface area contributed by atoms with Gasteiger partial charge in [0.05, 0.1) is 19.0 Å². The first-order valence-electron chi connectivity index (χ1n) is 9.17. The van der Waals surface area contributed by atoms with E-state index in [-0.39, 0.29) is 17.4 Å². The van der Waals surface area contributed by atoms with Crippen molar-refractivity contribution in [3.63, 3.8) is 0 Å². The average Bonchev–Trinajstić information content (AvgIpc) is 3.12. The van der Waals surface area contributed by atoms with E-state index in [1.165, 1.54) is 0 Å². The van der Waals surface area contributed by atoms with Crippen LogP contribution in [0.2, 0.25) is 0 Å². The first kappa shape index (κ1) is 17.1. The molecule has 2 saturated heterocycles. The van der Waals surface area contributed by atoms with E-state index in [0.717, 1.165) is 31.4 Å². The molecule has 4 rings (SSSR count). The first-order chi connectivity index (χ1) is 12.7. The second-order valence-corrected chi connectivity index (χ2v) is 7.23. The zero-order valence-electron chi connectivity index (χ0n) is 15.0. The molecular formula is C20H24N2O4. The fraction of sp³-hybridized carbons (Fsp3) is 0.500. The lowest BCUT2D eigenvalue weighted by molar-refractivity contribution is -0.133. The van der Waals surface area contributed by atoms with Crippen LogP contribution in [0.1, 0.15) is 35.4 Å². The van der Waals surface area contributed by atoms with E-state index in [1.54, 1.807) is 12.5 Å². The molecule has 0 N–H and O–H groups in total. The maximum absolute atomic E-state index is 12.9. The van der Waals surface area contributed by atoms with Crippen LogP contribution >= 0.6 is 0 Å². The van der Waals surface area contributed by atoms with Crippen molar-refractivity contribution in [3.05, 3.63) is 48.0 Å². The Labute approximate surface area is 153 Å². The van der Waals surface area contributed by atoms with Gasteiger partial charge in [0.1, 0.15) is 0 Å². The highest BCUT2D eigenvalue weighted by molar-refractivity contribution is 5.93. The molecule has 2 fully saturated rings. The van der Waals surface area contributed by atoms with E-state index in [4.69, 9.17) is 13.9 Å². The van der Waals surface area contributed by atoms with E-state index in [0.29, 0.717) is 31.3 Å². The topological polar surface area (TPSA) is 64.8 Å². The van der Waals surface area contributed by atoms with Crippen LogP contribution in [-0.4, -0.2) is 48.2 Å². The number of piperidine rings is 1. The summed E-state index contributed by atoms with van der Waals surface area (Å²) in [7, 11) is 0. The normalized spacial score (nSPS) is 25.6. The Bertz CT molecular complexity index is 760. The Morgan fingerprint density at radius 3 is 3.12 bits per heavy atom. The standard InChI is InChI=1S/C20H24N2O4/c1-15-7-12-25-18(15)19(23)22-10-6-16-20(13-22,8-4-11-24-16)14-26-17-5-2-3-9-21-17/h2-3,5,7,9,12,16H,4,6,8,10-11,13-14H2,1H3/t16-,20+/m0/s1. The van der Waals surface area contributed by atoms with Crippen molar-refractivity contribution in [1.82, 2.24) is 9.88 Å². The Morgan fingerprint density at radius 2 is 2.35 bits per heavy atom. The van der Waals surface area contributed by atoms with E-state index < -0.39 is 0 Å². The molecule has 2 aliphatic rings. The highest BCUT2D eigenvalue weighted by atomic mass is 16.5. The monoisotopic (exact) mass is 356 g/mol.